The highest BCUT2D eigenvalue weighted by molar-refractivity contribution is 5.75. The van der Waals surface area contributed by atoms with Gasteiger partial charge < -0.3 is 9.88 Å². The number of likely N-dealkylation sites (tertiary alicyclic amines) is 1. The molecule has 1 atom stereocenters. The third-order valence-corrected chi connectivity index (χ3v) is 5.40. The lowest BCUT2D eigenvalue weighted by molar-refractivity contribution is 0.261. The van der Waals surface area contributed by atoms with Crippen LogP contribution in [0.3, 0.4) is 0 Å². The Balaban J connectivity index is 1.57. The molecule has 1 spiro atoms. The molecule has 1 aromatic heterocycles. The van der Waals surface area contributed by atoms with E-state index in [1.54, 1.807) is 0 Å². The molecule has 1 N–H and O–H groups in total. The van der Waals surface area contributed by atoms with Gasteiger partial charge >= 0.3 is 0 Å². The zero-order valence-corrected chi connectivity index (χ0v) is 13.5. The van der Waals surface area contributed by atoms with E-state index in [2.05, 4.69) is 46.0 Å². The molecule has 2 saturated heterocycles. The fourth-order valence-electron chi connectivity index (χ4n) is 4.23. The number of hydrogen-bond donors (Lipinski definition) is 1. The Morgan fingerprint density at radius 3 is 3.00 bits per heavy atom. The van der Waals surface area contributed by atoms with Gasteiger partial charge in [0, 0.05) is 19.6 Å². The van der Waals surface area contributed by atoms with Crippen molar-refractivity contribution in [1.82, 2.24) is 19.8 Å². The first kappa shape index (κ1) is 14.2. The molecule has 1 unspecified atom stereocenters. The van der Waals surface area contributed by atoms with Gasteiger partial charge in [0.05, 0.1) is 17.6 Å². The molecule has 1 aromatic carbocycles. The summed E-state index contributed by atoms with van der Waals surface area (Å²) in [5.41, 5.74) is 2.97. The minimum absolute atomic E-state index is 0.543. The van der Waals surface area contributed by atoms with Crippen LogP contribution in [0.5, 0.6) is 0 Å². The minimum atomic E-state index is 0.543. The van der Waals surface area contributed by atoms with Gasteiger partial charge in [0.15, 0.2) is 0 Å². The maximum Gasteiger partial charge on any atom is 0.124 e. The van der Waals surface area contributed by atoms with Crippen LogP contribution in [-0.2, 0) is 13.1 Å². The molecular formula is C18H26N4. The van der Waals surface area contributed by atoms with Crippen molar-refractivity contribution in [3.05, 3.63) is 30.1 Å². The maximum atomic E-state index is 4.92. The number of nitrogens with zero attached hydrogens (tertiary/aromatic N) is 3. The fraction of sp³-hybridized carbons (Fsp3) is 0.611. The van der Waals surface area contributed by atoms with Crippen LogP contribution in [0.15, 0.2) is 24.3 Å². The van der Waals surface area contributed by atoms with Gasteiger partial charge in [-0.15, -0.1) is 0 Å². The molecular weight excluding hydrogens is 272 g/mol. The second kappa shape index (κ2) is 5.67. The highest BCUT2D eigenvalue weighted by Gasteiger charge is 2.40. The smallest absolute Gasteiger partial charge is 0.124 e. The highest BCUT2D eigenvalue weighted by atomic mass is 15.2. The van der Waals surface area contributed by atoms with Crippen molar-refractivity contribution in [3.8, 4) is 0 Å². The molecule has 2 aliphatic rings. The van der Waals surface area contributed by atoms with Crippen molar-refractivity contribution in [2.24, 2.45) is 5.41 Å². The van der Waals surface area contributed by atoms with E-state index < -0.39 is 0 Å². The monoisotopic (exact) mass is 298 g/mol. The summed E-state index contributed by atoms with van der Waals surface area (Å²) in [6.45, 7) is 9.16. The number of para-hydroxylation sites is 2. The lowest BCUT2D eigenvalue weighted by atomic mass is 9.87. The van der Waals surface area contributed by atoms with Gasteiger partial charge in [-0.1, -0.05) is 19.1 Å². The number of benzene rings is 1. The number of hydrogen-bond acceptors (Lipinski definition) is 3. The van der Waals surface area contributed by atoms with E-state index in [9.17, 15) is 0 Å². The fourth-order valence-corrected chi connectivity index (χ4v) is 4.23. The largest absolute Gasteiger partial charge is 0.327 e. The van der Waals surface area contributed by atoms with Gasteiger partial charge in [0.1, 0.15) is 5.82 Å². The van der Waals surface area contributed by atoms with Crippen molar-refractivity contribution in [3.63, 3.8) is 0 Å². The van der Waals surface area contributed by atoms with Crippen LogP contribution in [0.4, 0.5) is 0 Å². The van der Waals surface area contributed by atoms with Crippen molar-refractivity contribution < 1.29 is 0 Å². The van der Waals surface area contributed by atoms with Gasteiger partial charge in [0.25, 0.3) is 0 Å². The minimum Gasteiger partial charge on any atom is -0.327 e. The van der Waals surface area contributed by atoms with E-state index in [1.165, 1.54) is 50.4 Å². The summed E-state index contributed by atoms with van der Waals surface area (Å²) in [6.07, 6.45) is 3.84. The molecule has 2 aromatic rings. The summed E-state index contributed by atoms with van der Waals surface area (Å²) < 4.78 is 2.42. The summed E-state index contributed by atoms with van der Waals surface area (Å²) in [5.74, 6) is 1.24. The molecule has 0 amide bonds. The number of nitrogens with one attached hydrogen (secondary N) is 1. The van der Waals surface area contributed by atoms with E-state index in [0.29, 0.717) is 5.41 Å². The van der Waals surface area contributed by atoms with E-state index >= 15 is 0 Å². The highest BCUT2D eigenvalue weighted by Crippen LogP contribution is 2.36. The Hall–Kier alpha value is -1.39. The quantitative estimate of drug-likeness (QED) is 0.942. The predicted molar refractivity (Wildman–Crippen MR) is 89.8 cm³/mol. The molecule has 0 radical (unpaired) electrons. The number of imidazole rings is 1. The number of aromatic nitrogens is 2. The summed E-state index contributed by atoms with van der Waals surface area (Å²) >= 11 is 0. The summed E-state index contributed by atoms with van der Waals surface area (Å²) in [4.78, 5) is 7.53. The Labute approximate surface area is 132 Å². The van der Waals surface area contributed by atoms with Gasteiger partial charge in [0.2, 0.25) is 0 Å². The van der Waals surface area contributed by atoms with Crippen LogP contribution in [0.1, 0.15) is 32.0 Å². The third kappa shape index (κ3) is 2.44. The second-order valence-corrected chi connectivity index (χ2v) is 7.06. The molecule has 22 heavy (non-hydrogen) atoms. The van der Waals surface area contributed by atoms with Crippen LogP contribution in [0.25, 0.3) is 11.0 Å². The molecule has 2 aliphatic heterocycles. The van der Waals surface area contributed by atoms with Crippen LogP contribution < -0.4 is 5.32 Å². The number of aryl methyl sites for hydroxylation is 1. The lowest BCUT2D eigenvalue weighted by Crippen LogP contribution is -2.29. The Morgan fingerprint density at radius 2 is 2.18 bits per heavy atom. The molecule has 4 rings (SSSR count). The van der Waals surface area contributed by atoms with Gasteiger partial charge in [-0.2, -0.15) is 0 Å². The first-order chi connectivity index (χ1) is 10.8. The van der Waals surface area contributed by atoms with E-state index in [1.807, 2.05) is 0 Å². The normalized spacial score (nSPS) is 25.7. The second-order valence-electron chi connectivity index (χ2n) is 7.06. The van der Waals surface area contributed by atoms with Crippen molar-refractivity contribution in [2.75, 3.05) is 26.2 Å². The zero-order chi connectivity index (χ0) is 15.0. The lowest BCUT2D eigenvalue weighted by Gasteiger charge is -2.22. The van der Waals surface area contributed by atoms with Crippen molar-refractivity contribution >= 4 is 11.0 Å². The third-order valence-electron chi connectivity index (χ3n) is 5.40. The van der Waals surface area contributed by atoms with Crippen LogP contribution in [-0.4, -0.2) is 40.6 Å². The summed E-state index contributed by atoms with van der Waals surface area (Å²) in [7, 11) is 0. The van der Waals surface area contributed by atoms with Gasteiger partial charge in [-0.05, 0) is 49.9 Å². The Morgan fingerprint density at radius 1 is 1.27 bits per heavy atom. The molecule has 0 bridgehead atoms. The average molecular weight is 298 g/mol. The molecule has 118 valence electrons. The number of rotatable bonds is 4. The molecule has 4 heteroatoms. The molecule has 0 aliphatic carbocycles. The van der Waals surface area contributed by atoms with E-state index in [0.717, 1.165) is 25.0 Å². The summed E-state index contributed by atoms with van der Waals surface area (Å²) in [6, 6.07) is 8.55. The zero-order valence-electron chi connectivity index (χ0n) is 13.5. The summed E-state index contributed by atoms with van der Waals surface area (Å²) in [5, 5.41) is 3.55. The first-order valence-corrected chi connectivity index (χ1v) is 8.67. The average Bonchev–Trinajstić information content (AvgIpc) is 3.23. The van der Waals surface area contributed by atoms with E-state index in [-0.39, 0.29) is 0 Å². The van der Waals surface area contributed by atoms with Gasteiger partial charge in [-0.25, -0.2) is 4.98 Å². The van der Waals surface area contributed by atoms with Crippen LogP contribution in [0, 0.1) is 5.41 Å². The predicted octanol–water partition coefficient (Wildman–Crippen LogP) is 2.63. The van der Waals surface area contributed by atoms with Crippen LogP contribution >= 0.6 is 0 Å². The Kier molecular flexibility index (Phi) is 3.66. The van der Waals surface area contributed by atoms with Gasteiger partial charge in [-0.3, -0.25) is 4.90 Å². The van der Waals surface area contributed by atoms with E-state index in [4.69, 9.17) is 4.98 Å². The molecule has 4 nitrogen and oxygen atoms in total. The Bertz CT molecular complexity index is 654. The molecule has 2 fully saturated rings. The maximum absolute atomic E-state index is 4.92. The first-order valence-electron chi connectivity index (χ1n) is 8.67. The topological polar surface area (TPSA) is 33.1 Å². The standard InChI is InChI=1S/C18H26N4/c1-2-10-22-16-6-4-3-5-15(16)20-17(22)12-21-11-8-18(14-21)7-9-19-13-18/h3-6,19H,2,7-14H2,1H3. The SMILES string of the molecule is CCCn1c(CN2CCC3(CCNC3)C2)nc2ccccc21. The van der Waals surface area contributed by atoms with Crippen LogP contribution in [0.2, 0.25) is 0 Å². The number of fused-ring (bicyclic) bond motifs is 1. The molecule has 0 saturated carbocycles. The van der Waals surface area contributed by atoms with Crippen molar-refractivity contribution in [1.29, 1.82) is 0 Å². The van der Waals surface area contributed by atoms with Crippen molar-refractivity contribution in [2.45, 2.75) is 39.3 Å². The molecule has 3 heterocycles.